The number of amides is 2. The predicted molar refractivity (Wildman–Crippen MR) is 135 cm³/mol. The number of hydrogen-bond acceptors (Lipinski definition) is 9. The molecular formula is C24H26N6O2S2. The summed E-state index contributed by atoms with van der Waals surface area (Å²) >= 11 is 6.50. The lowest BCUT2D eigenvalue weighted by Crippen LogP contribution is -2.51. The largest absolute Gasteiger partial charge is 0.338 e. The number of hydrogen-bond donors (Lipinski definition) is 2. The number of rotatable bonds is 4. The number of nitrogens with one attached hydrogen (secondary N) is 1. The first kappa shape index (κ1) is 22.0. The third kappa shape index (κ3) is 3.98. The first-order valence-corrected chi connectivity index (χ1v) is 13.0. The van der Waals surface area contributed by atoms with Gasteiger partial charge in [-0.15, -0.1) is 11.3 Å². The maximum absolute atomic E-state index is 12.5. The Morgan fingerprint density at radius 3 is 2.82 bits per heavy atom. The van der Waals surface area contributed by atoms with Gasteiger partial charge in [-0.25, -0.2) is 9.97 Å². The summed E-state index contributed by atoms with van der Waals surface area (Å²) in [7, 11) is 0. The SMILES string of the molecule is O=C1CCC(N2Cc3c(CN4CCN(c5ncc6ccsc6n5)CC4)cccc3C2S)C(=O)N1. The number of thiol groups is 1. The summed E-state index contributed by atoms with van der Waals surface area (Å²) in [6, 6.07) is 8.12. The Morgan fingerprint density at radius 2 is 2.00 bits per heavy atom. The number of aromatic nitrogens is 2. The number of fused-ring (bicyclic) bond motifs is 2. The molecule has 2 saturated heterocycles. The third-order valence-corrected chi connectivity index (χ3v) is 8.49. The van der Waals surface area contributed by atoms with Crippen molar-refractivity contribution in [2.75, 3.05) is 31.1 Å². The molecule has 1 N–H and O–H groups in total. The van der Waals surface area contributed by atoms with Gasteiger partial charge in [0.2, 0.25) is 17.8 Å². The van der Waals surface area contributed by atoms with Crippen LogP contribution in [0, 0.1) is 0 Å². The van der Waals surface area contributed by atoms with Gasteiger partial charge >= 0.3 is 0 Å². The van der Waals surface area contributed by atoms with Crippen LogP contribution in [-0.2, 0) is 22.7 Å². The maximum atomic E-state index is 12.5. The van der Waals surface area contributed by atoms with Crippen molar-refractivity contribution < 1.29 is 9.59 Å². The molecule has 3 aromatic rings. The van der Waals surface area contributed by atoms with Crippen molar-refractivity contribution in [3.05, 3.63) is 52.5 Å². The van der Waals surface area contributed by atoms with E-state index >= 15 is 0 Å². The van der Waals surface area contributed by atoms with Crippen LogP contribution in [0.3, 0.4) is 0 Å². The fraction of sp³-hybridized carbons (Fsp3) is 0.417. The van der Waals surface area contributed by atoms with E-state index in [9.17, 15) is 9.59 Å². The van der Waals surface area contributed by atoms with Crippen molar-refractivity contribution in [2.24, 2.45) is 0 Å². The third-order valence-electron chi connectivity index (χ3n) is 7.10. The van der Waals surface area contributed by atoms with Crippen molar-refractivity contribution in [3.63, 3.8) is 0 Å². The van der Waals surface area contributed by atoms with Gasteiger partial charge in [-0.2, -0.15) is 12.6 Å². The van der Waals surface area contributed by atoms with Crippen molar-refractivity contribution in [2.45, 2.75) is 37.3 Å². The van der Waals surface area contributed by atoms with Crippen molar-refractivity contribution in [3.8, 4) is 0 Å². The van der Waals surface area contributed by atoms with E-state index in [-0.39, 0.29) is 23.2 Å². The van der Waals surface area contributed by atoms with Gasteiger partial charge in [0.15, 0.2) is 0 Å². The second-order valence-corrected chi connectivity index (χ2v) is 10.5. The average molecular weight is 495 g/mol. The van der Waals surface area contributed by atoms with Crippen LogP contribution >= 0.6 is 24.0 Å². The highest BCUT2D eigenvalue weighted by Gasteiger charge is 2.39. The predicted octanol–water partition coefficient (Wildman–Crippen LogP) is 2.56. The topological polar surface area (TPSA) is 81.7 Å². The van der Waals surface area contributed by atoms with Crippen LogP contribution in [0.15, 0.2) is 35.8 Å². The van der Waals surface area contributed by atoms with Gasteiger partial charge in [0.05, 0.1) is 11.4 Å². The quantitative estimate of drug-likeness (QED) is 0.426. The second kappa shape index (κ2) is 8.92. The van der Waals surface area contributed by atoms with Gasteiger partial charge in [-0.1, -0.05) is 18.2 Å². The molecule has 1 aromatic carbocycles. The van der Waals surface area contributed by atoms with Crippen molar-refractivity contribution in [1.82, 2.24) is 25.1 Å². The fourth-order valence-corrected chi connectivity index (χ4v) is 6.43. The van der Waals surface area contributed by atoms with E-state index in [1.165, 1.54) is 16.7 Å². The minimum Gasteiger partial charge on any atom is -0.338 e. The summed E-state index contributed by atoms with van der Waals surface area (Å²) < 4.78 is 0. The summed E-state index contributed by atoms with van der Waals surface area (Å²) in [5.41, 5.74) is 3.72. The minimum absolute atomic E-state index is 0.139. The van der Waals surface area contributed by atoms with Gasteiger partial charge in [0.1, 0.15) is 4.83 Å². The van der Waals surface area contributed by atoms with Crippen LogP contribution in [0.2, 0.25) is 0 Å². The van der Waals surface area contributed by atoms with Crippen LogP contribution in [-0.4, -0.2) is 63.8 Å². The molecule has 3 aliphatic rings. The molecule has 2 atom stereocenters. The molecule has 10 heteroatoms. The molecule has 0 bridgehead atoms. The molecule has 0 saturated carbocycles. The monoisotopic (exact) mass is 494 g/mol. The van der Waals surface area contributed by atoms with Crippen LogP contribution in [0.1, 0.15) is 34.9 Å². The molecule has 2 aromatic heterocycles. The summed E-state index contributed by atoms with van der Waals surface area (Å²) in [5.74, 6) is 0.422. The Morgan fingerprint density at radius 1 is 1.15 bits per heavy atom. The van der Waals surface area contributed by atoms with E-state index in [0.717, 1.165) is 48.9 Å². The number of nitrogens with zero attached hydrogens (tertiary/aromatic N) is 5. The van der Waals surface area contributed by atoms with Crippen LogP contribution in [0.4, 0.5) is 5.95 Å². The molecule has 2 fully saturated rings. The summed E-state index contributed by atoms with van der Waals surface area (Å²) in [4.78, 5) is 41.2. The van der Waals surface area contributed by atoms with E-state index in [2.05, 4.69) is 54.6 Å². The summed E-state index contributed by atoms with van der Waals surface area (Å²) in [6.07, 6.45) is 2.84. The van der Waals surface area contributed by atoms with Crippen LogP contribution in [0.5, 0.6) is 0 Å². The van der Waals surface area contributed by atoms with Crippen molar-refractivity contribution in [1.29, 1.82) is 0 Å². The first-order chi connectivity index (χ1) is 16.6. The Hall–Kier alpha value is -2.53. The lowest BCUT2D eigenvalue weighted by molar-refractivity contribution is -0.137. The Kier molecular flexibility index (Phi) is 5.76. The van der Waals surface area contributed by atoms with E-state index in [1.54, 1.807) is 11.3 Å². The summed E-state index contributed by atoms with van der Waals surface area (Å²) in [5, 5.41) is 5.49. The number of imide groups is 1. The molecule has 176 valence electrons. The highest BCUT2D eigenvalue weighted by atomic mass is 32.1. The molecule has 3 aliphatic heterocycles. The number of anilines is 1. The number of carbonyl (C=O) groups is 2. The molecule has 8 nitrogen and oxygen atoms in total. The zero-order valence-corrected chi connectivity index (χ0v) is 20.4. The fourth-order valence-electron chi connectivity index (χ4n) is 5.21. The standard InChI is InChI=1S/C24H26N6O2S2/c31-20-5-4-19(21(32)26-20)30-14-18-16(2-1-3-17(18)23(30)33)13-28-7-9-29(10-8-28)24-25-12-15-6-11-34-22(15)27-24/h1-3,6,11-12,19,23,33H,4-5,7-10,13-14H2,(H,26,31,32). The van der Waals surface area contributed by atoms with Gasteiger partial charge in [0, 0.05) is 57.3 Å². The number of thiophene rings is 1. The maximum Gasteiger partial charge on any atom is 0.243 e. The molecule has 2 amide bonds. The molecule has 0 spiro atoms. The van der Waals surface area contributed by atoms with Crippen molar-refractivity contribution >= 4 is 51.9 Å². The number of benzene rings is 1. The normalized spacial score (nSPS) is 24.0. The first-order valence-electron chi connectivity index (χ1n) is 11.6. The molecule has 2 unspecified atom stereocenters. The average Bonchev–Trinajstić information content (AvgIpc) is 3.44. The number of carbonyl (C=O) groups excluding carboxylic acids is 2. The van der Waals surface area contributed by atoms with Crippen LogP contribution < -0.4 is 10.2 Å². The molecule has 0 aliphatic carbocycles. The molecule has 0 radical (unpaired) electrons. The molecule has 6 rings (SSSR count). The number of piperazine rings is 1. The number of piperidine rings is 1. The van der Waals surface area contributed by atoms with E-state index in [4.69, 9.17) is 17.6 Å². The van der Waals surface area contributed by atoms with Gasteiger partial charge in [-0.05, 0) is 34.6 Å². The molecular weight excluding hydrogens is 468 g/mol. The zero-order valence-electron chi connectivity index (χ0n) is 18.7. The minimum atomic E-state index is -0.315. The van der Waals surface area contributed by atoms with Gasteiger partial charge in [0.25, 0.3) is 0 Å². The Bertz CT molecular complexity index is 1260. The molecule has 34 heavy (non-hydrogen) atoms. The lowest BCUT2D eigenvalue weighted by atomic mass is 10.0. The highest BCUT2D eigenvalue weighted by Crippen LogP contribution is 2.40. The summed E-state index contributed by atoms with van der Waals surface area (Å²) in [6.45, 7) is 5.21. The van der Waals surface area contributed by atoms with E-state index < -0.39 is 0 Å². The molecule has 5 heterocycles. The Balaban J connectivity index is 1.13. The van der Waals surface area contributed by atoms with Crippen LogP contribution in [0.25, 0.3) is 10.2 Å². The zero-order chi connectivity index (χ0) is 23.2. The lowest BCUT2D eigenvalue weighted by Gasteiger charge is -2.35. The second-order valence-electron chi connectivity index (χ2n) is 9.11. The van der Waals surface area contributed by atoms with E-state index in [1.807, 2.05) is 6.20 Å². The van der Waals surface area contributed by atoms with E-state index in [0.29, 0.717) is 19.4 Å². The van der Waals surface area contributed by atoms with Gasteiger partial charge < -0.3 is 4.90 Å². The Labute approximate surface area is 207 Å². The van der Waals surface area contributed by atoms with Gasteiger partial charge in [-0.3, -0.25) is 24.7 Å². The highest BCUT2D eigenvalue weighted by molar-refractivity contribution is 7.80. The smallest absolute Gasteiger partial charge is 0.243 e.